The fourth-order valence-electron chi connectivity index (χ4n) is 2.22. The molecule has 13 heteroatoms. The molecule has 1 amide bonds. The van der Waals surface area contributed by atoms with Gasteiger partial charge in [0, 0.05) is 6.07 Å². The normalized spacial score (nSPS) is 10.8. The van der Waals surface area contributed by atoms with E-state index in [2.05, 4.69) is 26.0 Å². The first-order chi connectivity index (χ1) is 14.4. The lowest BCUT2D eigenvalue weighted by molar-refractivity contribution is -0.383. The van der Waals surface area contributed by atoms with Gasteiger partial charge in [-0.3, -0.25) is 14.9 Å². The smallest absolute Gasteiger partial charge is 0.292 e. The van der Waals surface area contributed by atoms with Crippen LogP contribution in [0.1, 0.15) is 5.56 Å². The number of nitrogens with one attached hydrogen (secondary N) is 2. The Hall–Kier alpha value is -4.00. The van der Waals surface area contributed by atoms with Crippen molar-refractivity contribution >= 4 is 41.2 Å². The van der Waals surface area contributed by atoms with Gasteiger partial charge in [-0.2, -0.15) is 5.10 Å². The number of aromatic nitrogens is 3. The minimum absolute atomic E-state index is 0.0970. The van der Waals surface area contributed by atoms with Crippen LogP contribution in [-0.4, -0.2) is 37.7 Å². The molecule has 0 bridgehead atoms. The highest BCUT2D eigenvalue weighted by atomic mass is 32.2. The molecule has 0 saturated heterocycles. The highest BCUT2D eigenvalue weighted by Crippen LogP contribution is 2.24. The van der Waals surface area contributed by atoms with Crippen LogP contribution in [0.3, 0.4) is 0 Å². The number of rotatable bonds is 8. The predicted octanol–water partition coefficient (Wildman–Crippen LogP) is 2.22. The second-order valence-corrected chi connectivity index (χ2v) is 6.65. The van der Waals surface area contributed by atoms with Crippen LogP contribution < -0.4 is 16.6 Å². The summed E-state index contributed by atoms with van der Waals surface area (Å²) in [5.74, 6) is 5.07. The standard InChI is InChI=1S/C17H15FN8O3S/c18-12-7-5-11(6-8-12)9-20-22-16-23-24-17(25(16)19)30-10-15(27)21-13-3-1-2-4-14(13)26(28)29/h1-9H,10,19H2,(H,21,27)(H,22,23)/b20-9+. The Morgan fingerprint density at radius 2 is 2.00 bits per heavy atom. The van der Waals surface area contributed by atoms with Crippen LogP contribution in [0.5, 0.6) is 0 Å². The number of halogens is 1. The van der Waals surface area contributed by atoms with E-state index in [0.29, 0.717) is 5.56 Å². The van der Waals surface area contributed by atoms with Crippen molar-refractivity contribution < 1.29 is 14.1 Å². The van der Waals surface area contributed by atoms with Crippen molar-refractivity contribution in [3.63, 3.8) is 0 Å². The summed E-state index contributed by atoms with van der Waals surface area (Å²) in [6, 6.07) is 11.5. The number of nitrogens with two attached hydrogens (primary N) is 1. The van der Waals surface area contributed by atoms with E-state index in [1.807, 2.05) is 0 Å². The second kappa shape index (κ2) is 9.47. The Labute approximate surface area is 173 Å². The fourth-order valence-corrected chi connectivity index (χ4v) is 2.88. The number of thioether (sulfide) groups is 1. The molecule has 0 fully saturated rings. The number of hydrogen-bond donors (Lipinski definition) is 3. The fraction of sp³-hybridized carbons (Fsp3) is 0.0588. The van der Waals surface area contributed by atoms with Crippen molar-refractivity contribution in [1.82, 2.24) is 14.9 Å². The molecule has 0 spiro atoms. The van der Waals surface area contributed by atoms with Crippen molar-refractivity contribution in [2.45, 2.75) is 5.16 Å². The zero-order valence-corrected chi connectivity index (χ0v) is 16.0. The zero-order valence-electron chi connectivity index (χ0n) is 15.2. The molecule has 1 heterocycles. The summed E-state index contributed by atoms with van der Waals surface area (Å²) in [6.07, 6.45) is 1.45. The van der Waals surface area contributed by atoms with E-state index < -0.39 is 10.8 Å². The quantitative estimate of drug-likeness (QED) is 0.162. The van der Waals surface area contributed by atoms with Crippen molar-refractivity contribution in [3.8, 4) is 0 Å². The Balaban J connectivity index is 1.55. The van der Waals surface area contributed by atoms with Crippen LogP contribution in [0.15, 0.2) is 58.8 Å². The minimum Gasteiger partial charge on any atom is -0.334 e. The SMILES string of the molecule is Nn1c(N/N=C/c2ccc(F)cc2)nnc1SCC(=O)Nc1ccccc1[N+](=O)[O-]. The van der Waals surface area contributed by atoms with E-state index in [-0.39, 0.29) is 34.0 Å². The molecule has 2 aromatic carbocycles. The zero-order chi connectivity index (χ0) is 21.5. The molecule has 154 valence electrons. The highest BCUT2D eigenvalue weighted by molar-refractivity contribution is 7.99. The molecule has 30 heavy (non-hydrogen) atoms. The van der Waals surface area contributed by atoms with Crippen LogP contribution in [0, 0.1) is 15.9 Å². The van der Waals surface area contributed by atoms with Crippen LogP contribution in [0.25, 0.3) is 0 Å². The molecule has 0 atom stereocenters. The van der Waals surface area contributed by atoms with E-state index in [4.69, 9.17) is 5.84 Å². The van der Waals surface area contributed by atoms with Crippen molar-refractivity contribution in [1.29, 1.82) is 0 Å². The molecule has 1 aromatic heterocycles. The van der Waals surface area contributed by atoms with Crippen molar-refractivity contribution in [2.75, 3.05) is 22.3 Å². The summed E-state index contributed by atoms with van der Waals surface area (Å²) in [4.78, 5) is 22.5. The Bertz CT molecular complexity index is 1090. The predicted molar refractivity (Wildman–Crippen MR) is 110 cm³/mol. The lowest BCUT2D eigenvalue weighted by Crippen LogP contribution is -2.17. The summed E-state index contributed by atoms with van der Waals surface area (Å²) >= 11 is 0.990. The largest absolute Gasteiger partial charge is 0.334 e. The summed E-state index contributed by atoms with van der Waals surface area (Å²) in [7, 11) is 0. The van der Waals surface area contributed by atoms with Crippen LogP contribution in [0.2, 0.25) is 0 Å². The monoisotopic (exact) mass is 430 g/mol. The Morgan fingerprint density at radius 1 is 1.27 bits per heavy atom. The number of nitro groups is 1. The third-order valence-corrected chi connectivity index (χ3v) is 4.56. The maximum atomic E-state index is 12.9. The molecule has 0 radical (unpaired) electrons. The molecule has 11 nitrogen and oxygen atoms in total. The number of nitro benzene ring substituents is 1. The van der Waals surface area contributed by atoms with Gasteiger partial charge in [-0.25, -0.2) is 14.5 Å². The van der Waals surface area contributed by atoms with Gasteiger partial charge in [0.05, 0.1) is 16.9 Å². The highest BCUT2D eigenvalue weighted by Gasteiger charge is 2.16. The van der Waals surface area contributed by atoms with Gasteiger partial charge >= 0.3 is 0 Å². The first-order valence-electron chi connectivity index (χ1n) is 8.35. The van der Waals surface area contributed by atoms with Gasteiger partial charge in [0.1, 0.15) is 11.5 Å². The third-order valence-electron chi connectivity index (χ3n) is 3.62. The number of nitrogens with zero attached hydrogens (tertiary/aromatic N) is 5. The molecule has 0 aliphatic carbocycles. The molecule has 0 aliphatic rings. The van der Waals surface area contributed by atoms with E-state index in [1.54, 1.807) is 18.2 Å². The molecule has 0 unspecified atom stereocenters. The lowest BCUT2D eigenvalue weighted by Gasteiger charge is -2.05. The van der Waals surface area contributed by atoms with Crippen LogP contribution >= 0.6 is 11.8 Å². The number of benzene rings is 2. The number of carbonyl (C=O) groups excluding carboxylic acids is 1. The molecular weight excluding hydrogens is 415 g/mol. The first-order valence-corrected chi connectivity index (χ1v) is 9.34. The molecule has 3 rings (SSSR count). The van der Waals surface area contributed by atoms with Gasteiger partial charge in [-0.05, 0) is 23.8 Å². The number of hydrazone groups is 1. The van der Waals surface area contributed by atoms with Crippen molar-refractivity contribution in [2.24, 2.45) is 5.10 Å². The van der Waals surface area contributed by atoms with E-state index >= 15 is 0 Å². The third kappa shape index (κ3) is 5.29. The second-order valence-electron chi connectivity index (χ2n) is 5.71. The van der Waals surface area contributed by atoms with Gasteiger partial charge in [-0.1, -0.05) is 36.0 Å². The topological polar surface area (TPSA) is 153 Å². The van der Waals surface area contributed by atoms with Gasteiger partial charge in [0.25, 0.3) is 11.6 Å². The van der Waals surface area contributed by atoms with Crippen LogP contribution in [-0.2, 0) is 4.79 Å². The molecule has 4 N–H and O–H groups in total. The average molecular weight is 430 g/mol. The van der Waals surface area contributed by atoms with Gasteiger partial charge < -0.3 is 11.2 Å². The minimum atomic E-state index is -0.580. The number of nitrogen functional groups attached to an aromatic ring is 1. The number of amides is 1. The molecule has 3 aromatic rings. The maximum absolute atomic E-state index is 12.9. The summed E-state index contributed by atoms with van der Waals surface area (Å²) in [6.45, 7) is 0. The van der Waals surface area contributed by atoms with E-state index in [1.165, 1.54) is 36.5 Å². The molecule has 0 aliphatic heterocycles. The van der Waals surface area contributed by atoms with Crippen LogP contribution in [0.4, 0.5) is 21.7 Å². The maximum Gasteiger partial charge on any atom is 0.292 e. The number of carbonyl (C=O) groups is 1. The molecule has 0 saturated carbocycles. The number of hydrogen-bond acceptors (Lipinski definition) is 9. The Kier molecular flexibility index (Phi) is 6.54. The summed E-state index contributed by atoms with van der Waals surface area (Å²) in [5, 5.41) is 25.3. The number of anilines is 2. The summed E-state index contributed by atoms with van der Waals surface area (Å²) in [5.41, 5.74) is 3.15. The Morgan fingerprint density at radius 3 is 2.73 bits per heavy atom. The number of para-hydroxylation sites is 2. The lowest BCUT2D eigenvalue weighted by atomic mass is 10.2. The summed E-state index contributed by atoms with van der Waals surface area (Å²) < 4.78 is 14.0. The van der Waals surface area contributed by atoms with Crippen molar-refractivity contribution in [3.05, 3.63) is 70.0 Å². The van der Waals surface area contributed by atoms with Gasteiger partial charge in [-0.15, -0.1) is 10.2 Å². The van der Waals surface area contributed by atoms with Gasteiger partial charge in [0.15, 0.2) is 0 Å². The van der Waals surface area contributed by atoms with E-state index in [0.717, 1.165) is 16.4 Å². The average Bonchev–Trinajstić information content (AvgIpc) is 3.08. The van der Waals surface area contributed by atoms with E-state index in [9.17, 15) is 19.3 Å². The molecular formula is C17H15FN8O3S. The van der Waals surface area contributed by atoms with Gasteiger partial charge in [0.2, 0.25) is 11.1 Å². The first kappa shape index (κ1) is 20.7.